The number of nitrogens with two attached hydrogens (primary N) is 1. The lowest BCUT2D eigenvalue weighted by Gasteiger charge is -2.31. The maximum atomic E-state index is 12.0. The van der Waals surface area contributed by atoms with Gasteiger partial charge in [0.05, 0.1) is 12.8 Å². The molecule has 1 heterocycles. The molecule has 1 saturated heterocycles. The molecule has 0 unspecified atom stereocenters. The topological polar surface area (TPSA) is 38.5 Å². The Kier molecular flexibility index (Phi) is 6.88. The summed E-state index contributed by atoms with van der Waals surface area (Å²) in [4.78, 5) is 2.32. The van der Waals surface area contributed by atoms with E-state index in [1.54, 1.807) is 0 Å². The lowest BCUT2D eigenvalue weighted by Crippen LogP contribution is -2.37. The quantitative estimate of drug-likeness (QED) is 0.652. The van der Waals surface area contributed by atoms with E-state index in [9.17, 15) is 4.39 Å². The van der Waals surface area contributed by atoms with Crippen molar-refractivity contribution >= 4 is 0 Å². The molecule has 0 saturated carbocycles. The Bertz CT molecular complexity index is 150. The van der Waals surface area contributed by atoms with Gasteiger partial charge in [0.25, 0.3) is 0 Å². The molecule has 0 radical (unpaired) electrons. The van der Waals surface area contributed by atoms with Gasteiger partial charge in [-0.15, -0.1) is 0 Å². The molecular formula is C11H23FN2O. The van der Waals surface area contributed by atoms with Gasteiger partial charge in [0, 0.05) is 26.2 Å². The number of halogens is 1. The van der Waals surface area contributed by atoms with Crippen LogP contribution in [0.4, 0.5) is 4.39 Å². The first-order valence-electron chi connectivity index (χ1n) is 5.97. The first-order chi connectivity index (χ1) is 7.36. The Morgan fingerprint density at radius 3 is 2.60 bits per heavy atom. The molecular weight excluding hydrogens is 195 g/mol. The van der Waals surface area contributed by atoms with Gasteiger partial charge in [0.1, 0.15) is 0 Å². The van der Waals surface area contributed by atoms with E-state index in [1.165, 1.54) is 0 Å². The second kappa shape index (κ2) is 8.02. The summed E-state index contributed by atoms with van der Waals surface area (Å²) in [5.74, 6) is 0. The second-order valence-corrected chi connectivity index (χ2v) is 4.10. The SMILES string of the molecule is NCCCOC1CCN(CCCF)CC1. The summed E-state index contributed by atoms with van der Waals surface area (Å²) < 4.78 is 17.7. The standard InChI is InChI=1S/C11H23FN2O/c12-5-1-7-14-8-3-11(4-9-14)15-10-2-6-13/h11H,1-10,13H2. The maximum absolute atomic E-state index is 12.0. The van der Waals surface area contributed by atoms with E-state index in [4.69, 9.17) is 10.5 Å². The summed E-state index contributed by atoms with van der Waals surface area (Å²) in [6.07, 6.45) is 4.17. The molecule has 0 atom stereocenters. The minimum Gasteiger partial charge on any atom is -0.378 e. The van der Waals surface area contributed by atoms with Gasteiger partial charge in [0.2, 0.25) is 0 Å². The molecule has 4 heteroatoms. The van der Waals surface area contributed by atoms with Gasteiger partial charge >= 0.3 is 0 Å². The highest BCUT2D eigenvalue weighted by atomic mass is 19.1. The van der Waals surface area contributed by atoms with Crippen LogP contribution in [0.15, 0.2) is 0 Å². The van der Waals surface area contributed by atoms with Crippen molar-refractivity contribution < 1.29 is 9.13 Å². The Labute approximate surface area is 91.8 Å². The number of alkyl halides is 1. The third-order valence-corrected chi connectivity index (χ3v) is 2.84. The summed E-state index contributed by atoms with van der Waals surface area (Å²) in [6.45, 7) is 4.28. The van der Waals surface area contributed by atoms with E-state index >= 15 is 0 Å². The average Bonchev–Trinajstić information content (AvgIpc) is 2.28. The predicted molar refractivity (Wildman–Crippen MR) is 59.7 cm³/mol. The number of hydrogen-bond acceptors (Lipinski definition) is 3. The van der Waals surface area contributed by atoms with Crippen LogP contribution in [0, 0.1) is 0 Å². The summed E-state index contributed by atoms with van der Waals surface area (Å²) >= 11 is 0. The largest absolute Gasteiger partial charge is 0.378 e. The van der Waals surface area contributed by atoms with E-state index in [1.807, 2.05) is 0 Å². The minimum absolute atomic E-state index is 0.201. The fraction of sp³-hybridized carbons (Fsp3) is 1.00. The molecule has 2 N–H and O–H groups in total. The molecule has 0 aromatic carbocycles. The lowest BCUT2D eigenvalue weighted by molar-refractivity contribution is 0.00686. The van der Waals surface area contributed by atoms with Gasteiger partial charge in [-0.2, -0.15) is 0 Å². The highest BCUT2D eigenvalue weighted by Gasteiger charge is 2.18. The number of piperidine rings is 1. The molecule has 0 aromatic heterocycles. The molecule has 3 nitrogen and oxygen atoms in total. The number of ether oxygens (including phenoxy) is 1. The van der Waals surface area contributed by atoms with Crippen molar-refractivity contribution in [2.45, 2.75) is 31.8 Å². The number of nitrogens with zero attached hydrogens (tertiary/aromatic N) is 1. The van der Waals surface area contributed by atoms with Crippen molar-refractivity contribution in [3.63, 3.8) is 0 Å². The Morgan fingerprint density at radius 2 is 2.00 bits per heavy atom. The molecule has 0 spiro atoms. The van der Waals surface area contributed by atoms with Crippen molar-refractivity contribution in [1.82, 2.24) is 4.90 Å². The van der Waals surface area contributed by atoms with Crippen molar-refractivity contribution in [3.05, 3.63) is 0 Å². The molecule has 90 valence electrons. The maximum Gasteiger partial charge on any atom is 0.0906 e. The second-order valence-electron chi connectivity index (χ2n) is 4.10. The first kappa shape index (κ1) is 12.9. The van der Waals surface area contributed by atoms with Crippen LogP contribution in [0.2, 0.25) is 0 Å². The molecule has 15 heavy (non-hydrogen) atoms. The van der Waals surface area contributed by atoms with Crippen molar-refractivity contribution in [3.8, 4) is 0 Å². The predicted octanol–water partition coefficient (Wildman–Crippen LogP) is 1.18. The van der Waals surface area contributed by atoms with Crippen molar-refractivity contribution in [2.75, 3.05) is 39.5 Å². The number of likely N-dealkylation sites (tertiary alicyclic amines) is 1. The first-order valence-corrected chi connectivity index (χ1v) is 5.97. The van der Waals surface area contributed by atoms with Crippen LogP contribution in [0.1, 0.15) is 25.7 Å². The van der Waals surface area contributed by atoms with Crippen LogP contribution in [0.25, 0.3) is 0 Å². The van der Waals surface area contributed by atoms with Gasteiger partial charge < -0.3 is 15.4 Å². The Hall–Kier alpha value is -0.190. The van der Waals surface area contributed by atoms with E-state index < -0.39 is 0 Å². The number of hydrogen-bond donors (Lipinski definition) is 1. The molecule has 0 aromatic rings. The van der Waals surface area contributed by atoms with E-state index in [-0.39, 0.29) is 6.67 Å². The number of rotatable bonds is 7. The molecule has 1 fully saturated rings. The van der Waals surface area contributed by atoms with Gasteiger partial charge in [-0.3, -0.25) is 4.39 Å². The van der Waals surface area contributed by atoms with Crippen LogP contribution in [-0.4, -0.2) is 50.5 Å². The van der Waals surface area contributed by atoms with Crippen molar-refractivity contribution in [1.29, 1.82) is 0 Å². The average molecular weight is 218 g/mol. The minimum atomic E-state index is -0.201. The smallest absolute Gasteiger partial charge is 0.0906 e. The summed E-state index contributed by atoms with van der Waals surface area (Å²) in [5.41, 5.74) is 5.40. The normalized spacial score (nSPS) is 19.6. The Morgan fingerprint density at radius 1 is 1.27 bits per heavy atom. The van der Waals surface area contributed by atoms with Gasteiger partial charge in [-0.05, 0) is 32.2 Å². The molecule has 0 amide bonds. The molecule has 1 aliphatic rings. The van der Waals surface area contributed by atoms with Crippen LogP contribution in [-0.2, 0) is 4.74 Å². The van der Waals surface area contributed by atoms with E-state index in [0.29, 0.717) is 19.1 Å². The van der Waals surface area contributed by atoms with Gasteiger partial charge in [0.15, 0.2) is 0 Å². The zero-order valence-electron chi connectivity index (χ0n) is 9.46. The molecule has 0 aliphatic carbocycles. The lowest BCUT2D eigenvalue weighted by atomic mass is 10.1. The zero-order chi connectivity index (χ0) is 10.9. The molecule has 1 rings (SSSR count). The fourth-order valence-electron chi connectivity index (χ4n) is 1.92. The molecule has 1 aliphatic heterocycles. The zero-order valence-corrected chi connectivity index (χ0v) is 9.46. The Balaban J connectivity index is 2.02. The van der Waals surface area contributed by atoms with Crippen molar-refractivity contribution in [2.24, 2.45) is 5.73 Å². The monoisotopic (exact) mass is 218 g/mol. The van der Waals surface area contributed by atoms with E-state index in [0.717, 1.165) is 45.5 Å². The summed E-state index contributed by atoms with van der Waals surface area (Å²) in [6, 6.07) is 0. The summed E-state index contributed by atoms with van der Waals surface area (Å²) in [5, 5.41) is 0. The third kappa shape index (κ3) is 5.44. The molecule has 0 bridgehead atoms. The third-order valence-electron chi connectivity index (χ3n) is 2.84. The van der Waals surface area contributed by atoms with Crippen LogP contribution in [0.3, 0.4) is 0 Å². The fourth-order valence-corrected chi connectivity index (χ4v) is 1.92. The van der Waals surface area contributed by atoms with Crippen LogP contribution in [0.5, 0.6) is 0 Å². The highest BCUT2D eigenvalue weighted by Crippen LogP contribution is 2.13. The van der Waals surface area contributed by atoms with Crippen LogP contribution >= 0.6 is 0 Å². The van der Waals surface area contributed by atoms with Gasteiger partial charge in [-0.25, -0.2) is 0 Å². The van der Waals surface area contributed by atoms with Gasteiger partial charge in [-0.1, -0.05) is 0 Å². The van der Waals surface area contributed by atoms with E-state index in [2.05, 4.69) is 4.90 Å². The van der Waals surface area contributed by atoms with Crippen LogP contribution < -0.4 is 5.73 Å². The summed E-state index contributed by atoms with van der Waals surface area (Å²) in [7, 11) is 0. The highest BCUT2D eigenvalue weighted by molar-refractivity contribution is 4.72.